The Kier molecular flexibility index (Phi) is 5.35. The topological polar surface area (TPSA) is 69.6 Å². The average molecular weight is 285 g/mol. The van der Waals surface area contributed by atoms with Crippen LogP contribution in [0, 0.1) is 0 Å². The number of phenols is 1. The second kappa shape index (κ2) is 7.45. The van der Waals surface area contributed by atoms with Gasteiger partial charge in [0.2, 0.25) is 5.91 Å². The molecule has 0 aliphatic heterocycles. The Hall–Kier alpha value is -2.33. The molecule has 0 aliphatic rings. The van der Waals surface area contributed by atoms with Gasteiger partial charge in [0.15, 0.2) is 0 Å². The lowest BCUT2D eigenvalue weighted by Gasteiger charge is -2.09. The van der Waals surface area contributed by atoms with Gasteiger partial charge in [-0.1, -0.05) is 42.5 Å². The number of phenolic OH excluding ortho intramolecular Hbond substituents is 1. The number of benzene rings is 2. The van der Waals surface area contributed by atoms with Crippen LogP contribution in [0.25, 0.3) is 0 Å². The van der Waals surface area contributed by atoms with E-state index >= 15 is 0 Å². The molecule has 0 unspecified atom stereocenters. The Labute approximate surface area is 124 Å². The van der Waals surface area contributed by atoms with E-state index in [2.05, 4.69) is 5.32 Å². The summed E-state index contributed by atoms with van der Waals surface area (Å²) in [6.45, 7) is 0.361. The lowest BCUT2D eigenvalue weighted by atomic mass is 10.1. The zero-order valence-corrected chi connectivity index (χ0v) is 11.7. The Bertz CT molecular complexity index is 610. The second-order valence-electron chi connectivity index (χ2n) is 4.83. The quantitative estimate of drug-likeness (QED) is 0.761. The van der Waals surface area contributed by atoms with Gasteiger partial charge in [-0.05, 0) is 29.2 Å². The Balaban J connectivity index is 1.84. The fraction of sp³-hybridized carbons (Fsp3) is 0.235. The first-order valence-corrected chi connectivity index (χ1v) is 6.92. The van der Waals surface area contributed by atoms with Gasteiger partial charge in [-0.25, -0.2) is 0 Å². The summed E-state index contributed by atoms with van der Waals surface area (Å²) < 4.78 is 0. The zero-order chi connectivity index (χ0) is 15.1. The number of nitrogens with one attached hydrogen (secondary N) is 1. The SMILES string of the molecule is O=C(CCc1ccccc1O)NCc1ccccc1CO. The number of aliphatic hydroxyl groups excluding tert-OH is 1. The smallest absolute Gasteiger partial charge is 0.220 e. The normalized spacial score (nSPS) is 10.3. The third-order valence-corrected chi connectivity index (χ3v) is 3.38. The first-order chi connectivity index (χ1) is 10.2. The predicted octanol–water partition coefficient (Wildman–Crippen LogP) is 2.13. The van der Waals surface area contributed by atoms with Crippen LogP contribution in [0.3, 0.4) is 0 Å². The molecule has 21 heavy (non-hydrogen) atoms. The van der Waals surface area contributed by atoms with Gasteiger partial charge < -0.3 is 15.5 Å². The summed E-state index contributed by atoms with van der Waals surface area (Å²) in [5, 5.41) is 21.7. The molecule has 0 atom stereocenters. The van der Waals surface area contributed by atoms with Crippen molar-refractivity contribution in [1.29, 1.82) is 0 Å². The highest BCUT2D eigenvalue weighted by molar-refractivity contribution is 5.76. The number of amides is 1. The van der Waals surface area contributed by atoms with Crippen LogP contribution in [-0.2, 0) is 24.4 Å². The molecule has 0 radical (unpaired) electrons. The maximum absolute atomic E-state index is 11.8. The van der Waals surface area contributed by atoms with Crippen LogP contribution < -0.4 is 5.32 Å². The number of carbonyl (C=O) groups excluding carboxylic acids is 1. The highest BCUT2D eigenvalue weighted by Crippen LogP contribution is 2.17. The maximum Gasteiger partial charge on any atom is 0.220 e. The van der Waals surface area contributed by atoms with Crippen molar-refractivity contribution in [3.63, 3.8) is 0 Å². The lowest BCUT2D eigenvalue weighted by molar-refractivity contribution is -0.121. The van der Waals surface area contributed by atoms with Crippen molar-refractivity contribution in [3.8, 4) is 5.75 Å². The van der Waals surface area contributed by atoms with Crippen molar-refractivity contribution in [3.05, 3.63) is 65.2 Å². The highest BCUT2D eigenvalue weighted by Gasteiger charge is 2.06. The van der Waals surface area contributed by atoms with E-state index in [4.69, 9.17) is 0 Å². The molecule has 0 fully saturated rings. The molecule has 2 rings (SSSR count). The van der Waals surface area contributed by atoms with E-state index in [-0.39, 0.29) is 18.3 Å². The van der Waals surface area contributed by atoms with Crippen LogP contribution in [0.5, 0.6) is 5.75 Å². The van der Waals surface area contributed by atoms with Gasteiger partial charge in [-0.15, -0.1) is 0 Å². The van der Waals surface area contributed by atoms with E-state index in [0.717, 1.165) is 16.7 Å². The van der Waals surface area contributed by atoms with Crippen LogP contribution in [0.15, 0.2) is 48.5 Å². The fourth-order valence-corrected chi connectivity index (χ4v) is 2.14. The van der Waals surface area contributed by atoms with Crippen molar-refractivity contribution in [2.75, 3.05) is 0 Å². The summed E-state index contributed by atoms with van der Waals surface area (Å²) >= 11 is 0. The molecule has 3 N–H and O–H groups in total. The van der Waals surface area contributed by atoms with Crippen molar-refractivity contribution in [2.24, 2.45) is 0 Å². The van der Waals surface area contributed by atoms with Crippen LogP contribution >= 0.6 is 0 Å². The lowest BCUT2D eigenvalue weighted by Crippen LogP contribution is -2.23. The molecule has 0 aromatic heterocycles. The molecule has 110 valence electrons. The number of aryl methyl sites for hydroxylation is 1. The Morgan fingerprint density at radius 2 is 1.57 bits per heavy atom. The van der Waals surface area contributed by atoms with E-state index in [9.17, 15) is 15.0 Å². The maximum atomic E-state index is 11.8. The molecule has 0 aliphatic carbocycles. The average Bonchev–Trinajstić information content (AvgIpc) is 2.52. The minimum atomic E-state index is -0.0778. The summed E-state index contributed by atoms with van der Waals surface area (Å²) in [6, 6.07) is 14.5. The van der Waals surface area contributed by atoms with E-state index in [1.54, 1.807) is 12.1 Å². The summed E-state index contributed by atoms with van der Waals surface area (Å²) in [4.78, 5) is 11.8. The number of hydrogen-bond acceptors (Lipinski definition) is 3. The minimum absolute atomic E-state index is 0.0378. The van der Waals surface area contributed by atoms with Gasteiger partial charge in [-0.3, -0.25) is 4.79 Å². The molecule has 2 aromatic carbocycles. The summed E-state index contributed by atoms with van der Waals surface area (Å²) in [5.41, 5.74) is 2.50. The molecule has 2 aromatic rings. The first-order valence-electron chi connectivity index (χ1n) is 6.92. The Morgan fingerprint density at radius 3 is 2.24 bits per heavy atom. The van der Waals surface area contributed by atoms with Crippen molar-refractivity contribution in [2.45, 2.75) is 26.0 Å². The number of hydrogen-bond donors (Lipinski definition) is 3. The molecule has 0 saturated carbocycles. The molecular formula is C17H19NO3. The number of para-hydroxylation sites is 1. The molecule has 0 bridgehead atoms. The van der Waals surface area contributed by atoms with Crippen molar-refractivity contribution >= 4 is 5.91 Å². The second-order valence-corrected chi connectivity index (χ2v) is 4.83. The minimum Gasteiger partial charge on any atom is -0.508 e. The van der Waals surface area contributed by atoms with Crippen molar-refractivity contribution < 1.29 is 15.0 Å². The molecule has 0 saturated heterocycles. The van der Waals surface area contributed by atoms with Gasteiger partial charge in [0.1, 0.15) is 5.75 Å². The van der Waals surface area contributed by atoms with Gasteiger partial charge in [0, 0.05) is 13.0 Å². The molecule has 1 amide bonds. The van der Waals surface area contributed by atoms with Gasteiger partial charge in [0.05, 0.1) is 6.61 Å². The van der Waals surface area contributed by atoms with Crippen LogP contribution in [0.4, 0.5) is 0 Å². The summed E-state index contributed by atoms with van der Waals surface area (Å²) in [6.07, 6.45) is 0.818. The standard InChI is InChI=1S/C17H19NO3/c19-12-15-7-2-1-6-14(15)11-18-17(21)10-9-13-5-3-4-8-16(13)20/h1-8,19-20H,9-12H2,(H,18,21). The fourth-order valence-electron chi connectivity index (χ4n) is 2.14. The molecular weight excluding hydrogens is 266 g/mol. The highest BCUT2D eigenvalue weighted by atomic mass is 16.3. The summed E-state index contributed by atoms with van der Waals surface area (Å²) in [7, 11) is 0. The molecule has 0 spiro atoms. The van der Waals surface area contributed by atoms with Crippen LogP contribution in [0.1, 0.15) is 23.1 Å². The van der Waals surface area contributed by atoms with Gasteiger partial charge >= 0.3 is 0 Å². The van der Waals surface area contributed by atoms with Gasteiger partial charge in [0.25, 0.3) is 0 Å². The Morgan fingerprint density at radius 1 is 0.952 bits per heavy atom. The van der Waals surface area contributed by atoms with E-state index in [0.29, 0.717) is 19.4 Å². The molecule has 4 nitrogen and oxygen atoms in total. The van der Waals surface area contributed by atoms with Gasteiger partial charge in [-0.2, -0.15) is 0 Å². The molecule has 0 heterocycles. The van der Waals surface area contributed by atoms with E-state index < -0.39 is 0 Å². The zero-order valence-electron chi connectivity index (χ0n) is 11.7. The monoisotopic (exact) mass is 285 g/mol. The van der Waals surface area contributed by atoms with Crippen LogP contribution in [0.2, 0.25) is 0 Å². The number of aromatic hydroxyl groups is 1. The summed E-state index contributed by atoms with van der Waals surface area (Å²) in [5.74, 6) is 0.141. The van der Waals surface area contributed by atoms with E-state index in [1.165, 1.54) is 0 Å². The third-order valence-electron chi connectivity index (χ3n) is 3.38. The van der Waals surface area contributed by atoms with Crippen molar-refractivity contribution in [1.82, 2.24) is 5.32 Å². The number of rotatable bonds is 6. The van der Waals surface area contributed by atoms with E-state index in [1.807, 2.05) is 36.4 Å². The number of carbonyl (C=O) groups is 1. The largest absolute Gasteiger partial charge is 0.508 e. The first kappa shape index (κ1) is 15.1. The third kappa shape index (κ3) is 4.33. The number of aliphatic hydroxyl groups is 1. The molecule has 4 heteroatoms. The van der Waals surface area contributed by atoms with Crippen LogP contribution in [-0.4, -0.2) is 16.1 Å². The predicted molar refractivity (Wildman–Crippen MR) is 80.6 cm³/mol.